The Morgan fingerprint density at radius 1 is 1.34 bits per heavy atom. The first-order valence-electron chi connectivity index (χ1n) is 9.42. The highest BCUT2D eigenvalue weighted by molar-refractivity contribution is 7.15. The van der Waals surface area contributed by atoms with Crippen LogP contribution in [0.5, 0.6) is 5.75 Å². The fourth-order valence-corrected chi connectivity index (χ4v) is 3.99. The molecule has 3 heterocycles. The van der Waals surface area contributed by atoms with Crippen LogP contribution in [0.4, 0.5) is 5.69 Å². The van der Waals surface area contributed by atoms with Crippen molar-refractivity contribution in [1.29, 1.82) is 0 Å². The maximum absolute atomic E-state index is 12.6. The first-order valence-corrected chi connectivity index (χ1v) is 10.3. The number of morpholine rings is 1. The molecule has 3 aromatic rings. The van der Waals surface area contributed by atoms with E-state index in [2.05, 4.69) is 15.2 Å². The third kappa shape index (κ3) is 4.47. The number of ether oxygens (including phenoxy) is 2. The third-order valence-electron chi connectivity index (χ3n) is 4.73. The van der Waals surface area contributed by atoms with Crippen molar-refractivity contribution in [2.24, 2.45) is 0 Å². The number of fused-ring (bicyclic) bond motifs is 1. The van der Waals surface area contributed by atoms with Gasteiger partial charge in [0.15, 0.2) is 4.96 Å². The van der Waals surface area contributed by atoms with Gasteiger partial charge in [0.1, 0.15) is 17.9 Å². The molecule has 0 saturated carbocycles. The predicted octanol–water partition coefficient (Wildman–Crippen LogP) is 2.03. The van der Waals surface area contributed by atoms with Crippen molar-refractivity contribution in [3.63, 3.8) is 0 Å². The molecule has 1 amide bonds. The largest absolute Gasteiger partial charge is 0.492 e. The number of benzene rings is 1. The van der Waals surface area contributed by atoms with Crippen molar-refractivity contribution in [1.82, 2.24) is 14.3 Å². The lowest BCUT2D eigenvalue weighted by molar-refractivity contribution is 0.0322. The molecule has 0 atom stereocenters. The molecule has 0 bridgehead atoms. The minimum absolute atomic E-state index is 0.00244. The van der Waals surface area contributed by atoms with Crippen LogP contribution in [0, 0.1) is 6.92 Å². The molecule has 1 aromatic carbocycles. The summed E-state index contributed by atoms with van der Waals surface area (Å²) in [5, 5.41) is 4.60. The number of thiazole rings is 1. The number of anilines is 1. The highest BCUT2D eigenvalue weighted by Gasteiger charge is 2.16. The maximum atomic E-state index is 12.6. The number of nitrogens with zero attached hydrogens (tertiary/aromatic N) is 3. The van der Waals surface area contributed by atoms with Gasteiger partial charge in [0, 0.05) is 48.7 Å². The Morgan fingerprint density at radius 3 is 3.00 bits per heavy atom. The molecule has 1 fully saturated rings. The molecule has 4 rings (SSSR count). The number of carbonyl (C=O) groups is 1. The molecular formula is C20H22N4O4S. The molecule has 1 N–H and O–H groups in total. The summed E-state index contributed by atoms with van der Waals surface area (Å²) in [6, 6.07) is 7.14. The second-order valence-electron chi connectivity index (χ2n) is 6.76. The van der Waals surface area contributed by atoms with E-state index in [0.29, 0.717) is 23.0 Å². The molecule has 1 aliphatic rings. The summed E-state index contributed by atoms with van der Waals surface area (Å²) < 4.78 is 12.6. The molecule has 0 radical (unpaired) electrons. The summed E-state index contributed by atoms with van der Waals surface area (Å²) in [7, 11) is 0. The highest BCUT2D eigenvalue weighted by Crippen LogP contribution is 2.18. The molecule has 2 aromatic heterocycles. The number of hydrogen-bond donors (Lipinski definition) is 1. The van der Waals surface area contributed by atoms with Crippen LogP contribution in [-0.2, 0) is 4.74 Å². The maximum Gasteiger partial charge on any atom is 0.271 e. The highest BCUT2D eigenvalue weighted by atomic mass is 32.1. The van der Waals surface area contributed by atoms with Crippen molar-refractivity contribution in [2.45, 2.75) is 6.92 Å². The fourth-order valence-electron chi connectivity index (χ4n) is 3.16. The number of amides is 1. The van der Waals surface area contributed by atoms with Crippen LogP contribution in [0.2, 0.25) is 0 Å². The molecule has 1 saturated heterocycles. The van der Waals surface area contributed by atoms with Crippen LogP contribution in [0.15, 0.2) is 40.6 Å². The predicted molar refractivity (Wildman–Crippen MR) is 111 cm³/mol. The van der Waals surface area contributed by atoms with Gasteiger partial charge in [-0.25, -0.2) is 4.98 Å². The second kappa shape index (κ2) is 8.73. The lowest BCUT2D eigenvalue weighted by atomic mass is 10.2. The van der Waals surface area contributed by atoms with Crippen molar-refractivity contribution in [2.75, 3.05) is 44.8 Å². The second-order valence-corrected chi connectivity index (χ2v) is 7.59. The average molecular weight is 414 g/mol. The minimum Gasteiger partial charge on any atom is -0.492 e. The number of aryl methyl sites for hydroxylation is 1. The van der Waals surface area contributed by atoms with E-state index in [1.807, 2.05) is 18.4 Å². The Hall–Kier alpha value is -2.75. The number of nitrogens with one attached hydrogen (secondary N) is 1. The lowest BCUT2D eigenvalue weighted by Gasteiger charge is -2.26. The van der Waals surface area contributed by atoms with E-state index in [4.69, 9.17) is 9.47 Å². The minimum atomic E-state index is -0.493. The number of rotatable bonds is 6. The summed E-state index contributed by atoms with van der Waals surface area (Å²) >= 11 is 1.37. The van der Waals surface area contributed by atoms with Gasteiger partial charge in [0.2, 0.25) is 0 Å². The summed E-state index contributed by atoms with van der Waals surface area (Å²) in [6.45, 7) is 6.53. The smallest absolute Gasteiger partial charge is 0.271 e. The van der Waals surface area contributed by atoms with E-state index in [1.54, 1.807) is 18.2 Å². The molecular weight excluding hydrogens is 392 g/mol. The van der Waals surface area contributed by atoms with Crippen molar-refractivity contribution >= 4 is 27.9 Å². The molecule has 0 aliphatic carbocycles. The van der Waals surface area contributed by atoms with E-state index in [1.165, 1.54) is 21.9 Å². The van der Waals surface area contributed by atoms with Crippen LogP contribution < -0.4 is 15.6 Å². The van der Waals surface area contributed by atoms with Gasteiger partial charge in [-0.3, -0.25) is 18.9 Å². The van der Waals surface area contributed by atoms with E-state index in [0.717, 1.165) is 38.5 Å². The summed E-state index contributed by atoms with van der Waals surface area (Å²) in [5.41, 5.74) is 0.949. The topological polar surface area (TPSA) is 85.2 Å². The molecule has 0 spiro atoms. The zero-order valence-corrected chi connectivity index (χ0v) is 16.9. The van der Waals surface area contributed by atoms with E-state index < -0.39 is 5.91 Å². The zero-order valence-electron chi connectivity index (χ0n) is 16.1. The zero-order chi connectivity index (χ0) is 20.2. The summed E-state index contributed by atoms with van der Waals surface area (Å²) in [4.78, 5) is 32.3. The first kappa shape index (κ1) is 19.6. The fraction of sp³-hybridized carbons (Fsp3) is 0.350. The number of hydrogen-bond acceptors (Lipinski definition) is 7. The van der Waals surface area contributed by atoms with Crippen LogP contribution in [0.1, 0.15) is 16.1 Å². The monoisotopic (exact) mass is 414 g/mol. The van der Waals surface area contributed by atoms with E-state index in [-0.39, 0.29) is 11.1 Å². The van der Waals surface area contributed by atoms with Crippen LogP contribution in [0.3, 0.4) is 0 Å². The van der Waals surface area contributed by atoms with E-state index in [9.17, 15) is 9.59 Å². The Morgan fingerprint density at radius 2 is 2.17 bits per heavy atom. The number of aromatic nitrogens is 2. The van der Waals surface area contributed by atoms with Crippen LogP contribution >= 0.6 is 11.3 Å². The van der Waals surface area contributed by atoms with E-state index >= 15 is 0 Å². The standard InChI is InChI=1S/C20H22N4O4S/c1-14-13-29-20-21-12-17(19(26)24(14)20)18(25)22-15-3-2-4-16(11-15)28-10-7-23-5-8-27-9-6-23/h2-4,11-13H,5-10H2,1H3,(H,22,25). The van der Waals surface area contributed by atoms with Crippen LogP contribution in [0.25, 0.3) is 4.96 Å². The molecule has 9 heteroatoms. The Kier molecular flexibility index (Phi) is 5.89. The van der Waals surface area contributed by atoms with Gasteiger partial charge < -0.3 is 14.8 Å². The molecule has 8 nitrogen and oxygen atoms in total. The molecule has 29 heavy (non-hydrogen) atoms. The van der Waals surface area contributed by atoms with Gasteiger partial charge in [-0.05, 0) is 19.1 Å². The van der Waals surface area contributed by atoms with Crippen molar-refractivity contribution < 1.29 is 14.3 Å². The molecule has 1 aliphatic heterocycles. The normalized spacial score (nSPS) is 14.8. The van der Waals surface area contributed by atoms with Gasteiger partial charge in [0.05, 0.1) is 13.2 Å². The van der Waals surface area contributed by atoms with Gasteiger partial charge in [-0.15, -0.1) is 11.3 Å². The van der Waals surface area contributed by atoms with Crippen LogP contribution in [-0.4, -0.2) is 59.6 Å². The summed E-state index contributed by atoms with van der Waals surface area (Å²) in [6.07, 6.45) is 1.33. The Bertz CT molecular complexity index is 1070. The van der Waals surface area contributed by atoms with Crippen molar-refractivity contribution in [3.05, 3.63) is 57.5 Å². The van der Waals surface area contributed by atoms with Gasteiger partial charge in [0.25, 0.3) is 11.5 Å². The Labute approximate surface area is 171 Å². The lowest BCUT2D eigenvalue weighted by Crippen LogP contribution is -2.38. The SMILES string of the molecule is Cc1csc2ncc(C(=O)Nc3cccc(OCCN4CCOCC4)c3)c(=O)n12. The summed E-state index contributed by atoms with van der Waals surface area (Å²) in [5.74, 6) is 0.169. The third-order valence-corrected chi connectivity index (χ3v) is 5.69. The first-order chi connectivity index (χ1) is 14.1. The number of carbonyl (C=O) groups excluding carboxylic acids is 1. The molecule has 152 valence electrons. The van der Waals surface area contributed by atoms with Gasteiger partial charge in [-0.2, -0.15) is 0 Å². The van der Waals surface area contributed by atoms with Gasteiger partial charge in [-0.1, -0.05) is 6.07 Å². The molecule has 0 unspecified atom stereocenters. The van der Waals surface area contributed by atoms with Gasteiger partial charge >= 0.3 is 0 Å². The van der Waals surface area contributed by atoms with Crippen molar-refractivity contribution in [3.8, 4) is 5.75 Å². The average Bonchev–Trinajstić information content (AvgIpc) is 3.11. The Balaban J connectivity index is 1.41. The quantitative estimate of drug-likeness (QED) is 0.664.